The fraction of sp³-hybridized carbons (Fsp3) is 0.211. The molecule has 1 N–H and O–H groups in total. The van der Waals surface area contributed by atoms with Gasteiger partial charge in [0.2, 0.25) is 5.91 Å². The van der Waals surface area contributed by atoms with Gasteiger partial charge in [-0.25, -0.2) is 9.67 Å². The Morgan fingerprint density at radius 3 is 2.58 bits per heavy atom. The monoisotopic (exact) mass is 320 g/mol. The molecule has 0 aliphatic carbocycles. The summed E-state index contributed by atoms with van der Waals surface area (Å²) in [5.74, 6) is 0.0251. The molecule has 1 atom stereocenters. The van der Waals surface area contributed by atoms with E-state index in [1.54, 1.807) is 11.0 Å². The molecular formula is C19H20N4O. The van der Waals surface area contributed by atoms with Crippen LogP contribution in [0.15, 0.2) is 61.2 Å². The van der Waals surface area contributed by atoms with Gasteiger partial charge in [0.1, 0.15) is 12.7 Å². The van der Waals surface area contributed by atoms with Crippen LogP contribution < -0.4 is 5.32 Å². The molecule has 5 nitrogen and oxygen atoms in total. The average molecular weight is 320 g/mol. The summed E-state index contributed by atoms with van der Waals surface area (Å²) >= 11 is 0. The number of nitrogens with one attached hydrogen (secondary N) is 1. The van der Waals surface area contributed by atoms with Crippen LogP contribution in [0.4, 0.5) is 0 Å². The summed E-state index contributed by atoms with van der Waals surface area (Å²) in [5.41, 5.74) is 4.19. The average Bonchev–Trinajstić information content (AvgIpc) is 3.11. The minimum atomic E-state index is -0.0497. The van der Waals surface area contributed by atoms with Crippen molar-refractivity contribution in [3.63, 3.8) is 0 Å². The molecule has 0 aliphatic rings. The molecular weight excluding hydrogens is 300 g/mol. The summed E-state index contributed by atoms with van der Waals surface area (Å²) in [5, 5.41) is 7.15. The van der Waals surface area contributed by atoms with E-state index in [-0.39, 0.29) is 11.9 Å². The van der Waals surface area contributed by atoms with Crippen molar-refractivity contribution in [1.82, 2.24) is 20.1 Å². The molecule has 1 aromatic heterocycles. The summed E-state index contributed by atoms with van der Waals surface area (Å²) in [6, 6.07) is 15.8. The number of nitrogens with zero attached hydrogens (tertiary/aromatic N) is 3. The highest BCUT2D eigenvalue weighted by Crippen LogP contribution is 2.16. The van der Waals surface area contributed by atoms with E-state index in [2.05, 4.69) is 15.4 Å². The van der Waals surface area contributed by atoms with Gasteiger partial charge in [-0.3, -0.25) is 4.79 Å². The van der Waals surface area contributed by atoms with Crippen LogP contribution in [0, 0.1) is 6.92 Å². The standard InChI is InChI=1S/C19H20N4O/c1-14-5-3-4-6-17(14)11-19(24)22-15(2)16-7-9-18(10-8-16)23-13-20-12-21-23/h3-10,12-13,15H,11H2,1-2H3,(H,22,24)/t15-/m1/s1. The second-order valence-corrected chi connectivity index (χ2v) is 5.82. The Balaban J connectivity index is 1.63. The van der Waals surface area contributed by atoms with Gasteiger partial charge in [0.25, 0.3) is 0 Å². The molecule has 122 valence electrons. The summed E-state index contributed by atoms with van der Waals surface area (Å²) in [6.07, 6.45) is 3.55. The zero-order valence-electron chi connectivity index (χ0n) is 13.8. The van der Waals surface area contributed by atoms with Crippen molar-refractivity contribution < 1.29 is 4.79 Å². The Morgan fingerprint density at radius 1 is 1.17 bits per heavy atom. The predicted molar refractivity (Wildman–Crippen MR) is 92.8 cm³/mol. The van der Waals surface area contributed by atoms with Gasteiger partial charge in [-0.15, -0.1) is 0 Å². The smallest absolute Gasteiger partial charge is 0.224 e. The number of carbonyl (C=O) groups is 1. The van der Waals surface area contributed by atoms with E-state index in [0.717, 1.165) is 22.4 Å². The zero-order valence-corrected chi connectivity index (χ0v) is 13.8. The van der Waals surface area contributed by atoms with Crippen LogP contribution in [-0.2, 0) is 11.2 Å². The first kappa shape index (κ1) is 15.9. The lowest BCUT2D eigenvalue weighted by Crippen LogP contribution is -2.28. The molecule has 0 bridgehead atoms. The molecule has 3 aromatic rings. The molecule has 0 aliphatic heterocycles. The van der Waals surface area contributed by atoms with E-state index >= 15 is 0 Å². The molecule has 2 aromatic carbocycles. The third-order valence-corrected chi connectivity index (χ3v) is 4.07. The largest absolute Gasteiger partial charge is 0.349 e. The van der Waals surface area contributed by atoms with E-state index in [1.807, 2.05) is 62.4 Å². The fourth-order valence-corrected chi connectivity index (χ4v) is 2.61. The normalized spacial score (nSPS) is 11.9. The third-order valence-electron chi connectivity index (χ3n) is 4.07. The summed E-state index contributed by atoms with van der Waals surface area (Å²) in [7, 11) is 0. The lowest BCUT2D eigenvalue weighted by molar-refractivity contribution is -0.121. The predicted octanol–water partition coefficient (Wildman–Crippen LogP) is 3.00. The summed E-state index contributed by atoms with van der Waals surface area (Å²) < 4.78 is 1.70. The number of aryl methyl sites for hydroxylation is 1. The Hall–Kier alpha value is -2.95. The van der Waals surface area contributed by atoms with Gasteiger partial charge in [-0.05, 0) is 42.7 Å². The quantitative estimate of drug-likeness (QED) is 0.786. The van der Waals surface area contributed by atoms with E-state index in [0.29, 0.717) is 6.42 Å². The van der Waals surface area contributed by atoms with E-state index < -0.39 is 0 Å². The van der Waals surface area contributed by atoms with Crippen molar-refractivity contribution in [2.24, 2.45) is 0 Å². The first-order chi connectivity index (χ1) is 11.6. The van der Waals surface area contributed by atoms with Gasteiger partial charge in [-0.1, -0.05) is 36.4 Å². The van der Waals surface area contributed by atoms with Crippen LogP contribution in [0.25, 0.3) is 5.69 Å². The molecule has 0 spiro atoms. The van der Waals surface area contributed by atoms with Crippen LogP contribution in [0.3, 0.4) is 0 Å². The van der Waals surface area contributed by atoms with Gasteiger partial charge in [-0.2, -0.15) is 5.10 Å². The molecule has 3 rings (SSSR count). The fourth-order valence-electron chi connectivity index (χ4n) is 2.61. The maximum atomic E-state index is 12.3. The van der Waals surface area contributed by atoms with Crippen LogP contribution in [0.1, 0.15) is 29.7 Å². The maximum Gasteiger partial charge on any atom is 0.224 e. The summed E-state index contributed by atoms with van der Waals surface area (Å²) in [4.78, 5) is 16.2. The van der Waals surface area contributed by atoms with Gasteiger partial charge in [0.05, 0.1) is 18.2 Å². The summed E-state index contributed by atoms with van der Waals surface area (Å²) in [6.45, 7) is 4.01. The SMILES string of the molecule is Cc1ccccc1CC(=O)N[C@H](C)c1ccc(-n2cncn2)cc1. The zero-order chi connectivity index (χ0) is 16.9. The Bertz CT molecular complexity index is 810. The van der Waals surface area contributed by atoms with Crippen LogP contribution >= 0.6 is 0 Å². The van der Waals surface area contributed by atoms with E-state index in [9.17, 15) is 4.79 Å². The van der Waals surface area contributed by atoms with Gasteiger partial charge in [0, 0.05) is 0 Å². The minimum absolute atomic E-state index is 0.0251. The van der Waals surface area contributed by atoms with Crippen LogP contribution in [-0.4, -0.2) is 20.7 Å². The van der Waals surface area contributed by atoms with Crippen LogP contribution in [0.5, 0.6) is 0 Å². The minimum Gasteiger partial charge on any atom is -0.349 e. The highest BCUT2D eigenvalue weighted by Gasteiger charge is 2.11. The lowest BCUT2D eigenvalue weighted by atomic mass is 10.0. The van der Waals surface area contributed by atoms with Crippen molar-refractivity contribution >= 4 is 5.91 Å². The van der Waals surface area contributed by atoms with Crippen molar-refractivity contribution in [1.29, 1.82) is 0 Å². The molecule has 1 amide bonds. The van der Waals surface area contributed by atoms with Crippen molar-refractivity contribution in [3.8, 4) is 5.69 Å². The second kappa shape index (κ2) is 7.08. The Kier molecular flexibility index (Phi) is 4.70. The number of hydrogen-bond donors (Lipinski definition) is 1. The van der Waals surface area contributed by atoms with Crippen molar-refractivity contribution in [3.05, 3.63) is 77.9 Å². The Morgan fingerprint density at radius 2 is 1.92 bits per heavy atom. The Labute approximate surface area is 141 Å². The van der Waals surface area contributed by atoms with E-state index in [1.165, 1.54) is 6.33 Å². The topological polar surface area (TPSA) is 59.8 Å². The second-order valence-electron chi connectivity index (χ2n) is 5.82. The molecule has 0 fully saturated rings. The number of hydrogen-bond acceptors (Lipinski definition) is 3. The molecule has 0 unspecified atom stereocenters. The number of rotatable bonds is 5. The molecule has 5 heteroatoms. The van der Waals surface area contributed by atoms with Crippen LogP contribution in [0.2, 0.25) is 0 Å². The van der Waals surface area contributed by atoms with Gasteiger partial charge < -0.3 is 5.32 Å². The number of amides is 1. The highest BCUT2D eigenvalue weighted by molar-refractivity contribution is 5.79. The first-order valence-electron chi connectivity index (χ1n) is 7.92. The molecule has 0 saturated heterocycles. The lowest BCUT2D eigenvalue weighted by Gasteiger charge is -2.15. The molecule has 0 saturated carbocycles. The highest BCUT2D eigenvalue weighted by atomic mass is 16.1. The maximum absolute atomic E-state index is 12.3. The molecule has 1 heterocycles. The van der Waals surface area contributed by atoms with Crippen molar-refractivity contribution in [2.75, 3.05) is 0 Å². The molecule has 0 radical (unpaired) electrons. The number of carbonyl (C=O) groups excluding carboxylic acids is 1. The van der Waals surface area contributed by atoms with Gasteiger partial charge >= 0.3 is 0 Å². The number of benzene rings is 2. The van der Waals surface area contributed by atoms with E-state index in [4.69, 9.17) is 0 Å². The number of aromatic nitrogens is 3. The third kappa shape index (κ3) is 3.68. The first-order valence-corrected chi connectivity index (χ1v) is 7.92. The van der Waals surface area contributed by atoms with Gasteiger partial charge in [0.15, 0.2) is 0 Å². The van der Waals surface area contributed by atoms with Crippen molar-refractivity contribution in [2.45, 2.75) is 26.3 Å². The molecule has 24 heavy (non-hydrogen) atoms.